The molecule has 0 N–H and O–H groups in total. The van der Waals surface area contributed by atoms with Crippen LogP contribution in [0, 0.1) is 6.92 Å². The molecule has 1 aliphatic heterocycles. The summed E-state index contributed by atoms with van der Waals surface area (Å²) < 4.78 is 6.80. The molecule has 0 bridgehead atoms. The third-order valence-electron chi connectivity index (χ3n) is 5.17. The van der Waals surface area contributed by atoms with Gasteiger partial charge in [-0.1, -0.05) is 19.1 Å². The average molecular weight is 390 g/mol. The number of benzene rings is 1. The summed E-state index contributed by atoms with van der Waals surface area (Å²) in [5.74, 6) is 1.19. The molecule has 1 unspecified atom stereocenters. The van der Waals surface area contributed by atoms with Crippen LogP contribution in [0.25, 0.3) is 11.0 Å². The molecule has 1 aliphatic rings. The highest BCUT2D eigenvalue weighted by atomic mass is 16.5. The Kier molecular flexibility index (Phi) is 4.88. The van der Waals surface area contributed by atoms with Crippen LogP contribution in [-0.2, 0) is 4.79 Å². The first kappa shape index (κ1) is 18.9. The lowest BCUT2D eigenvalue weighted by molar-refractivity contribution is -0.132. The largest absolute Gasteiger partial charge is 0.497 e. The first-order valence-corrected chi connectivity index (χ1v) is 9.54. The smallest absolute Gasteiger partial charge is 0.256 e. The summed E-state index contributed by atoms with van der Waals surface area (Å²) in [7, 11) is 1.61. The molecular formula is C22H22N4O3. The van der Waals surface area contributed by atoms with Gasteiger partial charge in [-0.3, -0.25) is 19.1 Å². The van der Waals surface area contributed by atoms with E-state index >= 15 is 0 Å². The van der Waals surface area contributed by atoms with Gasteiger partial charge in [0.05, 0.1) is 24.2 Å². The number of hydrogen-bond donors (Lipinski definition) is 0. The Balaban J connectivity index is 1.82. The van der Waals surface area contributed by atoms with Crippen molar-refractivity contribution in [3.8, 4) is 5.75 Å². The molecule has 1 aromatic carbocycles. The van der Waals surface area contributed by atoms with Crippen LogP contribution in [0.4, 0.5) is 0 Å². The Bertz CT molecular complexity index is 1160. The van der Waals surface area contributed by atoms with E-state index < -0.39 is 0 Å². The lowest BCUT2D eigenvalue weighted by Gasteiger charge is -2.21. The number of amides is 1. The number of aryl methyl sites for hydroxylation is 1. The second-order valence-corrected chi connectivity index (χ2v) is 6.97. The summed E-state index contributed by atoms with van der Waals surface area (Å²) in [6.45, 7) is 3.67. The Hall–Kier alpha value is -3.48. The molecule has 4 rings (SSSR count). The zero-order chi connectivity index (χ0) is 20.5. The second kappa shape index (κ2) is 7.50. The van der Waals surface area contributed by atoms with E-state index in [1.54, 1.807) is 36.9 Å². The van der Waals surface area contributed by atoms with Crippen molar-refractivity contribution >= 4 is 22.8 Å². The van der Waals surface area contributed by atoms with Gasteiger partial charge in [-0.15, -0.1) is 0 Å². The molecule has 7 nitrogen and oxygen atoms in total. The first-order chi connectivity index (χ1) is 14.0. The van der Waals surface area contributed by atoms with E-state index in [-0.39, 0.29) is 17.5 Å². The van der Waals surface area contributed by atoms with Crippen molar-refractivity contribution in [1.82, 2.24) is 14.6 Å². The summed E-state index contributed by atoms with van der Waals surface area (Å²) in [5, 5.41) is 6.07. The minimum Gasteiger partial charge on any atom is -0.497 e. The molecule has 0 saturated heterocycles. The highest BCUT2D eigenvalue weighted by molar-refractivity contribution is 5.96. The molecule has 0 radical (unpaired) electrons. The van der Waals surface area contributed by atoms with E-state index in [1.807, 2.05) is 37.3 Å². The van der Waals surface area contributed by atoms with Crippen molar-refractivity contribution in [1.29, 1.82) is 0 Å². The van der Waals surface area contributed by atoms with Gasteiger partial charge in [-0.05, 0) is 42.3 Å². The third-order valence-corrected chi connectivity index (χ3v) is 5.17. The van der Waals surface area contributed by atoms with Crippen LogP contribution < -0.4 is 10.3 Å². The molecule has 1 atom stereocenters. The predicted molar refractivity (Wildman–Crippen MR) is 111 cm³/mol. The van der Waals surface area contributed by atoms with Crippen molar-refractivity contribution in [2.45, 2.75) is 32.7 Å². The fourth-order valence-corrected chi connectivity index (χ4v) is 3.69. The molecule has 0 aliphatic carbocycles. The molecule has 0 spiro atoms. The molecular weight excluding hydrogens is 368 g/mol. The van der Waals surface area contributed by atoms with Gasteiger partial charge in [-0.25, -0.2) is 5.01 Å². The van der Waals surface area contributed by atoms with Crippen molar-refractivity contribution < 1.29 is 9.53 Å². The number of pyridine rings is 2. The van der Waals surface area contributed by atoms with Gasteiger partial charge in [0, 0.05) is 25.1 Å². The van der Waals surface area contributed by atoms with E-state index in [9.17, 15) is 9.59 Å². The maximum atomic E-state index is 12.8. The number of fused-ring (bicyclic) bond motifs is 1. The normalized spacial score (nSPS) is 16.2. The van der Waals surface area contributed by atoms with Crippen molar-refractivity contribution in [2.24, 2.45) is 5.10 Å². The lowest BCUT2D eigenvalue weighted by Crippen LogP contribution is -2.27. The van der Waals surface area contributed by atoms with Crippen LogP contribution in [0.2, 0.25) is 0 Å². The van der Waals surface area contributed by atoms with Gasteiger partial charge in [0.15, 0.2) is 0 Å². The van der Waals surface area contributed by atoms with Gasteiger partial charge < -0.3 is 4.74 Å². The van der Waals surface area contributed by atoms with Gasteiger partial charge >= 0.3 is 0 Å². The van der Waals surface area contributed by atoms with Gasteiger partial charge in [0.1, 0.15) is 11.6 Å². The van der Waals surface area contributed by atoms with Crippen molar-refractivity contribution in [3.05, 3.63) is 70.1 Å². The summed E-state index contributed by atoms with van der Waals surface area (Å²) in [4.78, 5) is 29.9. The molecule has 29 heavy (non-hydrogen) atoms. The molecule has 2 aromatic heterocycles. The topological polar surface area (TPSA) is 76.8 Å². The van der Waals surface area contributed by atoms with Crippen LogP contribution in [0.15, 0.2) is 58.6 Å². The van der Waals surface area contributed by atoms with Gasteiger partial charge in [-0.2, -0.15) is 5.10 Å². The Labute approximate surface area is 168 Å². The van der Waals surface area contributed by atoms with E-state index in [2.05, 4.69) is 10.1 Å². The lowest BCUT2D eigenvalue weighted by atomic mass is 10.0. The number of methoxy groups -OCH3 is 1. The first-order valence-electron chi connectivity index (χ1n) is 9.54. The van der Waals surface area contributed by atoms with E-state index in [0.717, 1.165) is 22.4 Å². The monoisotopic (exact) mass is 390 g/mol. The summed E-state index contributed by atoms with van der Waals surface area (Å²) in [6.07, 6.45) is 2.47. The minimum atomic E-state index is -0.275. The van der Waals surface area contributed by atoms with Crippen LogP contribution in [0.3, 0.4) is 0 Å². The van der Waals surface area contributed by atoms with E-state index in [1.165, 1.54) is 5.01 Å². The fourth-order valence-electron chi connectivity index (χ4n) is 3.69. The zero-order valence-corrected chi connectivity index (χ0v) is 16.6. The number of rotatable bonds is 3. The summed E-state index contributed by atoms with van der Waals surface area (Å²) >= 11 is 0. The minimum absolute atomic E-state index is 0.0941. The van der Waals surface area contributed by atoms with Crippen LogP contribution in [0.1, 0.15) is 36.9 Å². The standard InChI is InChI=1S/C22H22N4O3/c1-4-20(27)26-18(15-7-9-16(29-3)10-8-15)13-19(24-26)25-17-6-5-11-23-22(17)14(2)12-21(25)28/h5-12,18H,4,13H2,1-3H3. The Morgan fingerprint density at radius 2 is 2.00 bits per heavy atom. The van der Waals surface area contributed by atoms with Gasteiger partial charge in [0.2, 0.25) is 5.91 Å². The number of nitrogens with zero attached hydrogens (tertiary/aromatic N) is 4. The zero-order valence-electron chi connectivity index (χ0n) is 16.6. The molecule has 3 aromatic rings. The average Bonchev–Trinajstić information content (AvgIpc) is 3.18. The molecule has 0 fully saturated rings. The highest BCUT2D eigenvalue weighted by Crippen LogP contribution is 2.33. The van der Waals surface area contributed by atoms with Crippen molar-refractivity contribution in [2.75, 3.05) is 7.11 Å². The van der Waals surface area contributed by atoms with Crippen LogP contribution in [-0.4, -0.2) is 33.4 Å². The molecule has 3 heterocycles. The van der Waals surface area contributed by atoms with Crippen molar-refractivity contribution in [3.63, 3.8) is 0 Å². The summed E-state index contributed by atoms with van der Waals surface area (Å²) in [5.41, 5.74) is 3.01. The number of hydrazone groups is 1. The quantitative estimate of drug-likeness (QED) is 0.688. The Morgan fingerprint density at radius 3 is 2.69 bits per heavy atom. The van der Waals surface area contributed by atoms with E-state index in [4.69, 9.17) is 4.74 Å². The molecule has 148 valence electrons. The Morgan fingerprint density at radius 1 is 1.24 bits per heavy atom. The summed E-state index contributed by atoms with van der Waals surface area (Å²) in [6, 6.07) is 12.5. The fraction of sp³-hybridized carbons (Fsp3) is 0.273. The number of carbonyl (C=O) groups excluding carboxylic acids is 1. The SMILES string of the molecule is CCC(=O)N1N=C(n2c(=O)cc(C)c3ncccc32)CC1c1ccc(OC)cc1. The number of aromatic nitrogens is 2. The highest BCUT2D eigenvalue weighted by Gasteiger charge is 2.33. The predicted octanol–water partition coefficient (Wildman–Crippen LogP) is 3.26. The number of carbonyl (C=O) groups is 1. The molecule has 7 heteroatoms. The van der Waals surface area contributed by atoms with E-state index in [0.29, 0.717) is 24.2 Å². The molecule has 1 amide bonds. The maximum absolute atomic E-state index is 12.8. The number of ether oxygens (including phenoxy) is 1. The second-order valence-electron chi connectivity index (χ2n) is 6.97. The van der Waals surface area contributed by atoms with Gasteiger partial charge in [0.25, 0.3) is 5.56 Å². The maximum Gasteiger partial charge on any atom is 0.256 e. The molecule has 0 saturated carbocycles. The number of hydrogen-bond acceptors (Lipinski definition) is 5. The third kappa shape index (κ3) is 3.29. The van der Waals surface area contributed by atoms with Crippen LogP contribution in [0.5, 0.6) is 5.75 Å². The van der Waals surface area contributed by atoms with Crippen LogP contribution >= 0.6 is 0 Å².